The molecular formula is C16H25FN2O2S. The average molecular weight is 328 g/mol. The summed E-state index contributed by atoms with van der Waals surface area (Å²) < 4.78 is 17.0. The van der Waals surface area contributed by atoms with E-state index in [1.807, 2.05) is 11.3 Å². The molecule has 1 aromatic heterocycles. The van der Waals surface area contributed by atoms with Crippen LogP contribution in [-0.4, -0.2) is 55.9 Å². The largest absolute Gasteiger partial charge is 0.449 e. The number of amides is 1. The molecule has 1 atom stereocenters. The highest BCUT2D eigenvalue weighted by atomic mass is 32.1. The fourth-order valence-corrected chi connectivity index (χ4v) is 3.71. The van der Waals surface area contributed by atoms with Gasteiger partial charge in [0.1, 0.15) is 0 Å². The molecular weight excluding hydrogens is 303 g/mol. The minimum atomic E-state index is -0.448. The molecule has 1 amide bonds. The Bertz CT molecular complexity index is 480. The van der Waals surface area contributed by atoms with E-state index in [1.54, 1.807) is 11.9 Å². The van der Waals surface area contributed by atoms with Crippen molar-refractivity contribution in [3.63, 3.8) is 0 Å². The summed E-state index contributed by atoms with van der Waals surface area (Å²) in [6, 6.07) is 4.36. The van der Waals surface area contributed by atoms with Gasteiger partial charge in [-0.2, -0.15) is 0 Å². The van der Waals surface area contributed by atoms with Crippen molar-refractivity contribution in [3.05, 3.63) is 21.9 Å². The number of alkyl halides is 1. The monoisotopic (exact) mass is 328 g/mol. The van der Waals surface area contributed by atoms with Crippen molar-refractivity contribution >= 4 is 17.4 Å². The predicted molar refractivity (Wildman–Crippen MR) is 87.0 cm³/mol. The lowest BCUT2D eigenvalue weighted by atomic mass is 10.1. The van der Waals surface area contributed by atoms with Gasteiger partial charge in [0.05, 0.1) is 13.3 Å². The zero-order valence-corrected chi connectivity index (χ0v) is 14.2. The number of thiophene rings is 1. The second-order valence-electron chi connectivity index (χ2n) is 5.94. The highest BCUT2D eigenvalue weighted by Gasteiger charge is 2.25. The second kappa shape index (κ2) is 8.48. The normalized spacial score (nSPS) is 18.6. The van der Waals surface area contributed by atoms with Crippen LogP contribution in [-0.2, 0) is 11.3 Å². The average Bonchev–Trinajstić information content (AvgIpc) is 3.08. The van der Waals surface area contributed by atoms with Crippen LogP contribution < -0.4 is 0 Å². The number of aryl methyl sites for hydroxylation is 1. The van der Waals surface area contributed by atoms with Crippen LogP contribution in [0.2, 0.25) is 0 Å². The Kier molecular flexibility index (Phi) is 6.64. The summed E-state index contributed by atoms with van der Waals surface area (Å²) in [6.07, 6.45) is 1.03. The summed E-state index contributed by atoms with van der Waals surface area (Å²) in [5.74, 6) is 0.486. The fraction of sp³-hybridized carbons (Fsp3) is 0.688. The molecule has 0 aliphatic carbocycles. The van der Waals surface area contributed by atoms with Crippen LogP contribution in [0.1, 0.15) is 22.6 Å². The van der Waals surface area contributed by atoms with Crippen LogP contribution in [0, 0.1) is 12.8 Å². The van der Waals surface area contributed by atoms with E-state index in [4.69, 9.17) is 4.74 Å². The lowest BCUT2D eigenvalue weighted by Crippen LogP contribution is -2.33. The number of nitrogens with zero attached hydrogens (tertiary/aromatic N) is 2. The Labute approximate surface area is 135 Å². The molecule has 1 unspecified atom stereocenters. The number of hydrogen-bond donors (Lipinski definition) is 0. The zero-order valence-electron chi connectivity index (χ0n) is 13.4. The SMILES string of the molecule is Cc1ccc(CN2CCC(CN(C)C(=O)OCCCF)C2)s1. The van der Waals surface area contributed by atoms with Crippen LogP contribution in [0.5, 0.6) is 0 Å². The number of carbonyl (C=O) groups excluding carboxylic acids is 1. The smallest absolute Gasteiger partial charge is 0.409 e. The van der Waals surface area contributed by atoms with Gasteiger partial charge in [0.15, 0.2) is 0 Å². The first-order valence-corrected chi connectivity index (χ1v) is 8.61. The van der Waals surface area contributed by atoms with E-state index in [-0.39, 0.29) is 19.1 Å². The molecule has 1 fully saturated rings. The summed E-state index contributed by atoms with van der Waals surface area (Å²) in [5.41, 5.74) is 0. The van der Waals surface area contributed by atoms with Crippen LogP contribution in [0.25, 0.3) is 0 Å². The third kappa shape index (κ3) is 5.25. The van der Waals surface area contributed by atoms with Crippen LogP contribution in [0.4, 0.5) is 9.18 Å². The third-order valence-corrected chi connectivity index (χ3v) is 4.88. The molecule has 2 rings (SSSR count). The standard InChI is InChI=1S/C16H25FN2O2S/c1-13-4-5-15(22-13)12-19-8-6-14(11-19)10-18(2)16(20)21-9-3-7-17/h4-5,14H,3,6-12H2,1-2H3. The van der Waals surface area contributed by atoms with Gasteiger partial charge in [-0.3, -0.25) is 9.29 Å². The molecule has 0 radical (unpaired) electrons. The summed E-state index contributed by atoms with van der Waals surface area (Å²) in [5, 5.41) is 0. The minimum absolute atomic E-state index is 0.161. The minimum Gasteiger partial charge on any atom is -0.449 e. The lowest BCUT2D eigenvalue weighted by Gasteiger charge is -2.21. The number of rotatable bonds is 7. The molecule has 124 valence electrons. The van der Waals surface area contributed by atoms with Crippen molar-refractivity contribution in [2.75, 3.05) is 40.0 Å². The van der Waals surface area contributed by atoms with Crippen molar-refractivity contribution in [2.45, 2.75) is 26.3 Å². The highest BCUT2D eigenvalue weighted by Crippen LogP contribution is 2.23. The number of carbonyl (C=O) groups is 1. The molecule has 22 heavy (non-hydrogen) atoms. The molecule has 0 bridgehead atoms. The second-order valence-corrected chi connectivity index (χ2v) is 7.31. The topological polar surface area (TPSA) is 32.8 Å². The molecule has 0 aromatic carbocycles. The van der Waals surface area contributed by atoms with Gasteiger partial charge in [-0.05, 0) is 37.9 Å². The highest BCUT2D eigenvalue weighted by molar-refractivity contribution is 7.11. The Morgan fingerprint density at radius 2 is 2.36 bits per heavy atom. The summed E-state index contributed by atoms with van der Waals surface area (Å²) in [4.78, 5) is 18.6. The van der Waals surface area contributed by atoms with Gasteiger partial charge in [0.2, 0.25) is 0 Å². The number of ether oxygens (including phenoxy) is 1. The van der Waals surface area contributed by atoms with Crippen molar-refractivity contribution in [2.24, 2.45) is 5.92 Å². The first-order valence-electron chi connectivity index (χ1n) is 7.80. The molecule has 6 heteroatoms. The molecule has 0 spiro atoms. The summed E-state index contributed by atoms with van der Waals surface area (Å²) in [7, 11) is 1.75. The van der Waals surface area contributed by atoms with Gasteiger partial charge in [-0.25, -0.2) is 4.79 Å². The quantitative estimate of drug-likeness (QED) is 0.720. The van der Waals surface area contributed by atoms with Gasteiger partial charge in [-0.15, -0.1) is 11.3 Å². The fourth-order valence-electron chi connectivity index (χ4n) is 2.78. The molecule has 1 aliphatic heterocycles. The van der Waals surface area contributed by atoms with Crippen molar-refractivity contribution in [1.29, 1.82) is 0 Å². The van der Waals surface area contributed by atoms with E-state index in [9.17, 15) is 9.18 Å². The van der Waals surface area contributed by atoms with Gasteiger partial charge >= 0.3 is 6.09 Å². The van der Waals surface area contributed by atoms with E-state index in [0.717, 1.165) is 26.1 Å². The van der Waals surface area contributed by atoms with E-state index in [0.29, 0.717) is 12.5 Å². The molecule has 4 nitrogen and oxygen atoms in total. The van der Waals surface area contributed by atoms with Gasteiger partial charge in [0.25, 0.3) is 0 Å². The first-order chi connectivity index (χ1) is 10.6. The van der Waals surface area contributed by atoms with Gasteiger partial charge in [-0.1, -0.05) is 0 Å². The van der Waals surface area contributed by atoms with Crippen LogP contribution >= 0.6 is 11.3 Å². The third-order valence-electron chi connectivity index (χ3n) is 3.89. The molecule has 0 N–H and O–H groups in total. The molecule has 1 aliphatic rings. The van der Waals surface area contributed by atoms with Gasteiger partial charge in [0, 0.05) is 42.9 Å². The van der Waals surface area contributed by atoms with E-state index >= 15 is 0 Å². The summed E-state index contributed by atoms with van der Waals surface area (Å²) >= 11 is 1.85. The molecule has 1 aromatic rings. The van der Waals surface area contributed by atoms with Gasteiger partial charge < -0.3 is 9.64 Å². The predicted octanol–water partition coefficient (Wildman–Crippen LogP) is 3.31. The van der Waals surface area contributed by atoms with E-state index in [2.05, 4.69) is 24.0 Å². The Morgan fingerprint density at radius 3 is 3.05 bits per heavy atom. The Balaban J connectivity index is 1.70. The van der Waals surface area contributed by atoms with Crippen LogP contribution in [0.3, 0.4) is 0 Å². The van der Waals surface area contributed by atoms with Crippen molar-refractivity contribution in [3.8, 4) is 0 Å². The number of likely N-dealkylation sites (tertiary alicyclic amines) is 1. The first kappa shape index (κ1) is 17.2. The van der Waals surface area contributed by atoms with E-state index in [1.165, 1.54) is 9.75 Å². The van der Waals surface area contributed by atoms with Crippen molar-refractivity contribution < 1.29 is 13.9 Å². The maximum Gasteiger partial charge on any atom is 0.409 e. The Hall–Kier alpha value is -1.14. The van der Waals surface area contributed by atoms with Crippen LogP contribution in [0.15, 0.2) is 12.1 Å². The maximum absolute atomic E-state index is 12.0. The molecule has 2 heterocycles. The maximum atomic E-state index is 12.0. The van der Waals surface area contributed by atoms with Crippen molar-refractivity contribution in [1.82, 2.24) is 9.80 Å². The zero-order chi connectivity index (χ0) is 15.9. The summed E-state index contributed by atoms with van der Waals surface area (Å²) in [6.45, 7) is 5.63. The van der Waals surface area contributed by atoms with E-state index < -0.39 is 6.67 Å². The molecule has 1 saturated heterocycles. The molecule has 0 saturated carbocycles. The Morgan fingerprint density at radius 1 is 1.55 bits per heavy atom. The lowest BCUT2D eigenvalue weighted by molar-refractivity contribution is 0.103. The number of hydrogen-bond acceptors (Lipinski definition) is 4. The number of halogens is 1.